The summed E-state index contributed by atoms with van der Waals surface area (Å²) in [6.07, 6.45) is 1.46. The number of allylic oxidation sites excluding steroid dienone is 1. The van der Waals surface area contributed by atoms with Gasteiger partial charge in [-0.3, -0.25) is 9.36 Å². The van der Waals surface area contributed by atoms with Gasteiger partial charge in [0.1, 0.15) is 11.8 Å². The van der Waals surface area contributed by atoms with Gasteiger partial charge in [-0.25, -0.2) is 9.79 Å². The number of aromatic hydroxyl groups is 1. The number of halogens is 1. The van der Waals surface area contributed by atoms with Gasteiger partial charge >= 0.3 is 5.97 Å². The summed E-state index contributed by atoms with van der Waals surface area (Å²) in [7, 11) is 1.45. The molecular weight excluding hydrogens is 560 g/mol. The van der Waals surface area contributed by atoms with Gasteiger partial charge in [0.05, 0.1) is 35.6 Å². The fourth-order valence-electron chi connectivity index (χ4n) is 4.15. The van der Waals surface area contributed by atoms with Crippen molar-refractivity contribution in [1.82, 2.24) is 4.57 Å². The van der Waals surface area contributed by atoms with Crippen LogP contribution in [-0.2, 0) is 9.53 Å². The minimum Gasteiger partial charge on any atom is -0.504 e. The predicted molar refractivity (Wildman–Crippen MR) is 145 cm³/mol. The highest BCUT2D eigenvalue weighted by molar-refractivity contribution is 9.10. The number of aromatic nitrogens is 1. The van der Waals surface area contributed by atoms with E-state index in [9.17, 15) is 14.7 Å². The monoisotopic (exact) mass is 586 g/mol. The molecule has 0 spiro atoms. The number of hydrogen-bond donors (Lipinski definition) is 1. The van der Waals surface area contributed by atoms with Crippen LogP contribution in [0.1, 0.15) is 44.9 Å². The molecule has 0 saturated heterocycles. The quantitative estimate of drug-likeness (QED) is 0.419. The van der Waals surface area contributed by atoms with Crippen molar-refractivity contribution in [2.75, 3.05) is 13.7 Å². The Morgan fingerprint density at radius 1 is 1.27 bits per heavy atom. The first-order valence-electron chi connectivity index (χ1n) is 11.7. The van der Waals surface area contributed by atoms with Crippen molar-refractivity contribution in [1.29, 1.82) is 0 Å². The van der Waals surface area contributed by atoms with Crippen molar-refractivity contribution in [2.24, 2.45) is 4.99 Å². The number of hydrogen-bond acceptors (Lipinski definition) is 8. The van der Waals surface area contributed by atoms with Crippen LogP contribution in [0.4, 0.5) is 0 Å². The summed E-state index contributed by atoms with van der Waals surface area (Å²) in [6, 6.07) is 9.84. The van der Waals surface area contributed by atoms with E-state index in [4.69, 9.17) is 14.2 Å². The molecule has 1 N–H and O–H groups in total. The molecule has 10 heteroatoms. The van der Waals surface area contributed by atoms with Crippen molar-refractivity contribution >= 4 is 39.3 Å². The number of phenolic OH excluding ortho intramolecular Hbond substituents is 1. The Morgan fingerprint density at radius 3 is 2.68 bits per heavy atom. The van der Waals surface area contributed by atoms with Crippen LogP contribution in [-0.4, -0.2) is 35.5 Å². The fourth-order valence-corrected chi connectivity index (χ4v) is 5.65. The van der Waals surface area contributed by atoms with E-state index in [1.54, 1.807) is 32.1 Å². The lowest BCUT2D eigenvalue weighted by atomic mass is 9.95. The molecule has 0 amide bonds. The van der Waals surface area contributed by atoms with Crippen LogP contribution < -0.4 is 24.4 Å². The number of carbonyl (C=O) groups is 1. The second-order valence-corrected chi connectivity index (χ2v) is 10.5. The normalized spacial score (nSPS) is 15.4. The molecule has 0 aliphatic carbocycles. The van der Waals surface area contributed by atoms with Gasteiger partial charge in [0.25, 0.3) is 5.56 Å². The molecule has 0 radical (unpaired) electrons. The van der Waals surface area contributed by atoms with Crippen LogP contribution in [0.25, 0.3) is 6.08 Å². The van der Waals surface area contributed by atoms with E-state index in [0.717, 1.165) is 0 Å². The molecular formula is C27H27BrN2O6S. The van der Waals surface area contributed by atoms with Gasteiger partial charge in [-0.2, -0.15) is 0 Å². The summed E-state index contributed by atoms with van der Waals surface area (Å²) < 4.78 is 19.2. The highest BCUT2D eigenvalue weighted by Crippen LogP contribution is 2.37. The maximum absolute atomic E-state index is 13.9. The molecule has 8 nitrogen and oxygen atoms in total. The Hall–Kier alpha value is -3.37. The zero-order valence-electron chi connectivity index (χ0n) is 21.1. The van der Waals surface area contributed by atoms with E-state index in [-0.39, 0.29) is 35.3 Å². The van der Waals surface area contributed by atoms with Crippen molar-refractivity contribution in [3.05, 3.63) is 83.0 Å². The second kappa shape index (κ2) is 10.9. The molecule has 0 bridgehead atoms. The lowest BCUT2D eigenvalue weighted by molar-refractivity contribution is -0.139. The summed E-state index contributed by atoms with van der Waals surface area (Å²) in [5.74, 6) is 0.193. The topological polar surface area (TPSA) is 99.4 Å². The Kier molecular flexibility index (Phi) is 7.89. The van der Waals surface area contributed by atoms with Crippen LogP contribution in [0.3, 0.4) is 0 Å². The molecule has 1 aliphatic rings. The Morgan fingerprint density at radius 2 is 2.00 bits per heavy atom. The zero-order valence-corrected chi connectivity index (χ0v) is 23.5. The number of ether oxygens (including phenoxy) is 3. The first-order valence-corrected chi connectivity index (χ1v) is 13.3. The predicted octanol–water partition coefficient (Wildman–Crippen LogP) is 4.06. The molecule has 1 aromatic heterocycles. The smallest absolute Gasteiger partial charge is 0.338 e. The number of nitrogens with zero attached hydrogens (tertiary/aromatic N) is 2. The first-order chi connectivity index (χ1) is 17.7. The molecule has 1 unspecified atom stereocenters. The minimum atomic E-state index is -0.807. The molecule has 2 aromatic carbocycles. The molecule has 3 aromatic rings. The molecule has 0 saturated carbocycles. The third kappa shape index (κ3) is 5.21. The highest BCUT2D eigenvalue weighted by Gasteiger charge is 2.35. The lowest BCUT2D eigenvalue weighted by Crippen LogP contribution is -2.40. The van der Waals surface area contributed by atoms with E-state index in [0.29, 0.717) is 36.4 Å². The summed E-state index contributed by atoms with van der Waals surface area (Å²) in [6.45, 7) is 7.46. The van der Waals surface area contributed by atoms with Gasteiger partial charge in [-0.1, -0.05) is 45.5 Å². The number of para-hydroxylation sites is 1. The maximum atomic E-state index is 13.9. The van der Waals surface area contributed by atoms with E-state index in [2.05, 4.69) is 20.9 Å². The first kappa shape index (κ1) is 26.7. The number of benzene rings is 2. The van der Waals surface area contributed by atoms with Crippen LogP contribution in [0.5, 0.6) is 17.2 Å². The van der Waals surface area contributed by atoms with Gasteiger partial charge in [0, 0.05) is 15.6 Å². The molecule has 194 valence electrons. The number of methoxy groups -OCH3 is 1. The number of rotatable bonds is 7. The summed E-state index contributed by atoms with van der Waals surface area (Å²) in [5, 5.41) is 10.6. The standard InChI is InChI=1S/C27H27BrN2O6S/c1-6-35-26(33)22-15(4)29-27-30(23(22)18-9-7-8-10-19(18)36-14(2)3)25(32)21(37-27)12-16-11-17(28)13-20(34-5)24(16)31/h7-14,23,31H,6H2,1-5H3/b21-12-. The number of carbonyl (C=O) groups excluding carboxylic acids is 1. The number of phenols is 1. The van der Waals surface area contributed by atoms with Gasteiger partial charge in [-0.05, 0) is 52.0 Å². The van der Waals surface area contributed by atoms with Crippen LogP contribution in [0, 0.1) is 0 Å². The minimum absolute atomic E-state index is 0.0906. The maximum Gasteiger partial charge on any atom is 0.338 e. The molecule has 2 heterocycles. The van der Waals surface area contributed by atoms with Gasteiger partial charge < -0.3 is 19.3 Å². The molecule has 1 aliphatic heterocycles. The lowest BCUT2D eigenvalue weighted by Gasteiger charge is -2.26. The third-order valence-electron chi connectivity index (χ3n) is 5.67. The molecule has 1 atom stereocenters. The third-order valence-corrected chi connectivity index (χ3v) is 7.11. The highest BCUT2D eigenvalue weighted by atomic mass is 79.9. The van der Waals surface area contributed by atoms with Gasteiger partial charge in [-0.15, -0.1) is 0 Å². The largest absolute Gasteiger partial charge is 0.504 e. The molecule has 4 rings (SSSR count). The van der Waals surface area contributed by atoms with Crippen molar-refractivity contribution < 1.29 is 24.1 Å². The average molecular weight is 587 g/mol. The van der Waals surface area contributed by atoms with Crippen molar-refractivity contribution in [3.8, 4) is 17.2 Å². The number of esters is 1. The van der Waals surface area contributed by atoms with Crippen LogP contribution >= 0.6 is 27.3 Å². The van der Waals surface area contributed by atoms with Gasteiger partial charge in [0.15, 0.2) is 16.3 Å². The summed E-state index contributed by atoms with van der Waals surface area (Å²) in [5.41, 5.74) is 1.42. The molecule has 0 fully saturated rings. The zero-order chi connectivity index (χ0) is 26.9. The average Bonchev–Trinajstić information content (AvgIpc) is 3.14. The Labute approximate surface area is 226 Å². The summed E-state index contributed by atoms with van der Waals surface area (Å²) >= 11 is 4.58. The van der Waals surface area contributed by atoms with E-state index >= 15 is 0 Å². The Bertz CT molecular complexity index is 1570. The number of fused-ring (bicyclic) bond motifs is 1. The van der Waals surface area contributed by atoms with Crippen LogP contribution in [0.2, 0.25) is 0 Å². The van der Waals surface area contributed by atoms with Crippen molar-refractivity contribution in [3.63, 3.8) is 0 Å². The SMILES string of the molecule is CCOC(=O)C1=C(C)N=c2s/c(=C\c3cc(Br)cc(OC)c3O)c(=O)n2C1c1ccccc1OC(C)C. The van der Waals surface area contributed by atoms with Crippen molar-refractivity contribution in [2.45, 2.75) is 39.8 Å². The van der Waals surface area contributed by atoms with E-state index < -0.39 is 12.0 Å². The van der Waals surface area contributed by atoms with E-state index in [1.165, 1.54) is 23.0 Å². The Balaban J connectivity index is 2.00. The van der Waals surface area contributed by atoms with E-state index in [1.807, 2.05) is 38.1 Å². The fraction of sp³-hybridized carbons (Fsp3) is 0.296. The van der Waals surface area contributed by atoms with Crippen LogP contribution in [0.15, 0.2) is 61.9 Å². The number of thiazole rings is 1. The van der Waals surface area contributed by atoms with Gasteiger partial charge in [0.2, 0.25) is 0 Å². The second-order valence-electron chi connectivity index (χ2n) is 8.55. The summed E-state index contributed by atoms with van der Waals surface area (Å²) in [4.78, 5) is 32.0. The molecule has 37 heavy (non-hydrogen) atoms.